The molecule has 0 radical (unpaired) electrons. The van der Waals surface area contributed by atoms with Crippen LogP contribution in [0.15, 0.2) is 41.2 Å². The van der Waals surface area contributed by atoms with Gasteiger partial charge in [0.2, 0.25) is 0 Å². The van der Waals surface area contributed by atoms with Gasteiger partial charge in [-0.2, -0.15) is 39.5 Å². The molecule has 1 N–H and O–H groups in total. The summed E-state index contributed by atoms with van der Waals surface area (Å²) in [6.45, 7) is 0. The number of alkyl halides is 9. The Morgan fingerprint density at radius 2 is 1.35 bits per heavy atom. The minimum atomic E-state index is -7.07. The fourth-order valence-corrected chi connectivity index (χ4v) is 1.89. The number of nitrogens with zero attached hydrogens (tertiary/aromatic N) is 1. The van der Waals surface area contributed by atoms with E-state index >= 15 is 0 Å². The highest BCUT2D eigenvalue weighted by atomic mass is 19.4. The molecule has 2 aromatic rings. The number of hydrogen-bond donors (Lipinski definition) is 1. The predicted molar refractivity (Wildman–Crippen MR) is 70.1 cm³/mol. The molecular weight excluding hydrogens is 383 g/mol. The second kappa shape index (κ2) is 6.02. The molecule has 0 unspecified atom stereocenters. The van der Waals surface area contributed by atoms with Crippen LogP contribution in [0.5, 0.6) is 0 Å². The monoisotopic (exact) mass is 390 g/mol. The highest BCUT2D eigenvalue weighted by molar-refractivity contribution is 5.54. The lowest BCUT2D eigenvalue weighted by Gasteiger charge is -2.33. The summed E-state index contributed by atoms with van der Waals surface area (Å²) in [5.74, 6) is -20.8. The Bertz CT molecular complexity index is 843. The van der Waals surface area contributed by atoms with Crippen molar-refractivity contribution in [1.29, 1.82) is 0 Å². The van der Waals surface area contributed by atoms with Gasteiger partial charge >= 0.3 is 23.9 Å². The maximum Gasteiger partial charge on any atom is 0.460 e. The molecule has 0 aliphatic heterocycles. The van der Waals surface area contributed by atoms with Crippen LogP contribution in [0.1, 0.15) is 5.69 Å². The maximum absolute atomic E-state index is 13.9. The van der Waals surface area contributed by atoms with Crippen LogP contribution >= 0.6 is 0 Å². The SMILES string of the molecule is O=c1cc(C(F)(F)C(F)(F)C(F)(F)C(F)(F)F)nc(-c2ccccc2)[nH]1. The summed E-state index contributed by atoms with van der Waals surface area (Å²) in [7, 11) is 0. The minimum absolute atomic E-state index is 0.0619. The Morgan fingerprint density at radius 1 is 0.808 bits per heavy atom. The molecule has 0 atom stereocenters. The second-order valence-electron chi connectivity index (χ2n) is 5.07. The Kier molecular flexibility index (Phi) is 4.58. The van der Waals surface area contributed by atoms with Gasteiger partial charge in [0.05, 0.1) is 0 Å². The van der Waals surface area contributed by atoms with Gasteiger partial charge in [-0.15, -0.1) is 0 Å². The molecule has 142 valence electrons. The molecular formula is C14H7F9N2O. The van der Waals surface area contributed by atoms with Crippen molar-refractivity contribution in [1.82, 2.24) is 9.97 Å². The molecule has 0 fully saturated rings. The van der Waals surface area contributed by atoms with Crippen LogP contribution in [0.4, 0.5) is 39.5 Å². The van der Waals surface area contributed by atoms with Gasteiger partial charge in [-0.25, -0.2) is 4.98 Å². The van der Waals surface area contributed by atoms with Gasteiger partial charge in [-0.05, 0) is 0 Å². The lowest BCUT2D eigenvalue weighted by molar-refractivity contribution is -0.400. The van der Waals surface area contributed by atoms with Crippen molar-refractivity contribution in [2.75, 3.05) is 0 Å². The number of hydrogen-bond acceptors (Lipinski definition) is 2. The third-order valence-corrected chi connectivity index (χ3v) is 3.26. The van der Waals surface area contributed by atoms with Crippen LogP contribution in [-0.4, -0.2) is 28.0 Å². The van der Waals surface area contributed by atoms with Crippen LogP contribution in [0, 0.1) is 0 Å². The highest BCUT2D eigenvalue weighted by Gasteiger charge is 2.82. The molecule has 0 saturated carbocycles. The van der Waals surface area contributed by atoms with E-state index in [2.05, 4.69) is 4.98 Å². The number of aromatic amines is 1. The molecule has 26 heavy (non-hydrogen) atoms. The van der Waals surface area contributed by atoms with E-state index in [1.165, 1.54) is 30.3 Å². The van der Waals surface area contributed by atoms with E-state index in [1.807, 2.05) is 4.98 Å². The largest absolute Gasteiger partial charge is 0.460 e. The summed E-state index contributed by atoms with van der Waals surface area (Å²) < 4.78 is 117. The zero-order chi connectivity index (χ0) is 20.0. The van der Waals surface area contributed by atoms with Gasteiger partial charge in [0, 0.05) is 11.6 Å². The third-order valence-electron chi connectivity index (χ3n) is 3.26. The standard InChI is InChI=1S/C14H7F9N2O/c15-11(16,12(17,18)13(19,20)14(21,22)23)8-6-9(26)25-10(24-8)7-4-2-1-3-5-7/h1-6H,(H,24,25,26). The number of benzene rings is 1. The van der Waals surface area contributed by atoms with Crippen LogP contribution in [-0.2, 0) is 5.92 Å². The lowest BCUT2D eigenvalue weighted by atomic mass is 10.0. The summed E-state index contributed by atoms with van der Waals surface area (Å²) in [6.07, 6.45) is -6.95. The summed E-state index contributed by atoms with van der Waals surface area (Å²) in [5, 5.41) is 0. The molecule has 0 bridgehead atoms. The van der Waals surface area contributed by atoms with Crippen LogP contribution in [0.2, 0.25) is 0 Å². The highest BCUT2D eigenvalue weighted by Crippen LogP contribution is 2.56. The smallest absolute Gasteiger partial charge is 0.307 e. The van der Waals surface area contributed by atoms with Gasteiger partial charge in [-0.1, -0.05) is 30.3 Å². The first kappa shape index (κ1) is 19.8. The van der Waals surface area contributed by atoms with Crippen molar-refractivity contribution >= 4 is 0 Å². The molecule has 2 rings (SSSR count). The van der Waals surface area contributed by atoms with Gasteiger partial charge < -0.3 is 4.98 Å². The fraction of sp³-hybridized carbons (Fsp3) is 0.286. The molecule has 1 aromatic heterocycles. The van der Waals surface area contributed by atoms with Crippen molar-refractivity contribution in [3.05, 3.63) is 52.4 Å². The second-order valence-corrected chi connectivity index (χ2v) is 5.07. The summed E-state index contributed by atoms with van der Waals surface area (Å²) in [6, 6.07) is 6.33. The Labute approximate surface area is 138 Å². The number of aromatic nitrogens is 2. The van der Waals surface area contributed by atoms with Gasteiger partial charge in [0.15, 0.2) is 0 Å². The minimum Gasteiger partial charge on any atom is -0.307 e. The Hall–Kier alpha value is -2.53. The molecule has 0 aliphatic carbocycles. The van der Waals surface area contributed by atoms with E-state index in [4.69, 9.17) is 0 Å². The molecule has 1 aromatic carbocycles. The summed E-state index contributed by atoms with van der Waals surface area (Å²) in [4.78, 5) is 16.3. The number of H-pyrrole nitrogens is 1. The fourth-order valence-electron chi connectivity index (χ4n) is 1.89. The van der Waals surface area contributed by atoms with Crippen LogP contribution in [0.25, 0.3) is 11.4 Å². The van der Waals surface area contributed by atoms with Crippen molar-refractivity contribution in [2.45, 2.75) is 23.9 Å². The average Bonchev–Trinajstić information content (AvgIpc) is 2.53. The average molecular weight is 390 g/mol. The lowest BCUT2D eigenvalue weighted by Crippen LogP contribution is -2.59. The molecule has 1 heterocycles. The van der Waals surface area contributed by atoms with Crippen LogP contribution < -0.4 is 5.56 Å². The first-order valence-corrected chi connectivity index (χ1v) is 6.59. The molecule has 3 nitrogen and oxygen atoms in total. The Morgan fingerprint density at radius 3 is 1.85 bits per heavy atom. The quantitative estimate of drug-likeness (QED) is 0.789. The normalized spacial score (nSPS) is 13.7. The van der Waals surface area contributed by atoms with Gasteiger partial charge in [0.25, 0.3) is 5.56 Å². The molecule has 0 saturated heterocycles. The van der Waals surface area contributed by atoms with Crippen molar-refractivity contribution in [2.24, 2.45) is 0 Å². The van der Waals surface area contributed by atoms with E-state index in [-0.39, 0.29) is 11.6 Å². The zero-order valence-electron chi connectivity index (χ0n) is 12.2. The third kappa shape index (κ3) is 3.03. The van der Waals surface area contributed by atoms with Crippen molar-refractivity contribution in [3.63, 3.8) is 0 Å². The van der Waals surface area contributed by atoms with Gasteiger partial charge in [0.1, 0.15) is 11.5 Å². The molecule has 0 aliphatic rings. The molecule has 0 spiro atoms. The van der Waals surface area contributed by atoms with E-state index in [1.54, 1.807) is 0 Å². The van der Waals surface area contributed by atoms with E-state index in [0.29, 0.717) is 0 Å². The zero-order valence-corrected chi connectivity index (χ0v) is 12.2. The molecule has 12 heteroatoms. The first-order chi connectivity index (χ1) is 11.7. The molecule has 0 amide bonds. The van der Waals surface area contributed by atoms with Crippen LogP contribution in [0.3, 0.4) is 0 Å². The summed E-state index contributed by atoms with van der Waals surface area (Å²) in [5.41, 5.74) is -3.73. The predicted octanol–water partition coefficient (Wildman–Crippen LogP) is 4.36. The number of nitrogens with one attached hydrogen (secondary N) is 1. The topological polar surface area (TPSA) is 45.8 Å². The van der Waals surface area contributed by atoms with E-state index in [0.717, 1.165) is 0 Å². The number of halogens is 9. The Balaban J connectivity index is 2.63. The maximum atomic E-state index is 13.9. The van der Waals surface area contributed by atoms with Gasteiger partial charge in [-0.3, -0.25) is 4.79 Å². The van der Waals surface area contributed by atoms with Crippen molar-refractivity contribution in [3.8, 4) is 11.4 Å². The van der Waals surface area contributed by atoms with Crippen molar-refractivity contribution < 1.29 is 39.5 Å². The number of rotatable bonds is 4. The summed E-state index contributed by atoms with van der Waals surface area (Å²) >= 11 is 0. The van der Waals surface area contributed by atoms with E-state index in [9.17, 15) is 44.3 Å². The first-order valence-electron chi connectivity index (χ1n) is 6.59. The van der Waals surface area contributed by atoms with E-state index < -0.39 is 41.0 Å².